The highest BCUT2D eigenvalue weighted by atomic mass is 16.5. The summed E-state index contributed by atoms with van der Waals surface area (Å²) >= 11 is 0. The van der Waals surface area contributed by atoms with E-state index in [9.17, 15) is 4.79 Å². The van der Waals surface area contributed by atoms with E-state index >= 15 is 0 Å². The van der Waals surface area contributed by atoms with Crippen molar-refractivity contribution in [2.75, 3.05) is 58.0 Å². The van der Waals surface area contributed by atoms with Gasteiger partial charge in [0, 0.05) is 49.9 Å². The Hall–Kier alpha value is -2.57. The first-order chi connectivity index (χ1) is 14.2. The minimum atomic E-state index is -0.740. The van der Waals surface area contributed by atoms with E-state index in [1.165, 1.54) is 5.56 Å². The molecule has 0 aliphatic carbocycles. The maximum atomic E-state index is 14.0. The molecule has 29 heavy (non-hydrogen) atoms. The average molecular weight is 391 g/mol. The van der Waals surface area contributed by atoms with Gasteiger partial charge in [-0.15, -0.1) is 0 Å². The van der Waals surface area contributed by atoms with Crippen molar-refractivity contribution >= 4 is 11.6 Å². The zero-order chi connectivity index (χ0) is 19.6. The van der Waals surface area contributed by atoms with Gasteiger partial charge in [0.05, 0.1) is 13.3 Å². The molecule has 1 atom stereocenters. The third-order valence-corrected chi connectivity index (χ3v) is 6.90. The van der Waals surface area contributed by atoms with E-state index in [2.05, 4.69) is 35.0 Å². The zero-order valence-corrected chi connectivity index (χ0v) is 16.7. The van der Waals surface area contributed by atoms with Crippen molar-refractivity contribution in [3.8, 4) is 11.5 Å². The fraction of sp³-hybridized carbons (Fsp3) is 0.435. The van der Waals surface area contributed by atoms with Gasteiger partial charge in [0.25, 0.3) is 0 Å². The van der Waals surface area contributed by atoms with Crippen LogP contribution in [0.5, 0.6) is 11.5 Å². The van der Waals surface area contributed by atoms with E-state index in [0.29, 0.717) is 19.9 Å². The van der Waals surface area contributed by atoms with E-state index < -0.39 is 5.41 Å². The van der Waals surface area contributed by atoms with Gasteiger partial charge in [-0.1, -0.05) is 18.2 Å². The molecule has 4 aliphatic rings. The van der Waals surface area contributed by atoms with Gasteiger partial charge < -0.3 is 14.4 Å². The Morgan fingerprint density at radius 1 is 1.00 bits per heavy atom. The predicted molar refractivity (Wildman–Crippen MR) is 110 cm³/mol. The van der Waals surface area contributed by atoms with E-state index in [-0.39, 0.29) is 5.91 Å². The first-order valence-electron chi connectivity index (χ1n) is 10.4. The van der Waals surface area contributed by atoms with Crippen LogP contribution in [0.3, 0.4) is 0 Å². The number of benzene rings is 2. The van der Waals surface area contributed by atoms with Crippen LogP contribution in [-0.4, -0.2) is 68.8 Å². The van der Waals surface area contributed by atoms with Crippen molar-refractivity contribution in [3.63, 3.8) is 0 Å². The number of hydrogen-bond acceptors (Lipinski definition) is 5. The summed E-state index contributed by atoms with van der Waals surface area (Å²) in [4.78, 5) is 20.7. The lowest BCUT2D eigenvalue weighted by Gasteiger charge is -2.35. The second-order valence-electron chi connectivity index (χ2n) is 8.56. The number of para-hydroxylation sites is 1. The number of rotatable bonds is 2. The Balaban J connectivity index is 1.42. The molecule has 6 rings (SSSR count). The highest BCUT2D eigenvalue weighted by Gasteiger charge is 2.57. The van der Waals surface area contributed by atoms with Crippen LogP contribution >= 0.6 is 0 Å². The molecular weight excluding hydrogens is 366 g/mol. The lowest BCUT2D eigenvalue weighted by atomic mass is 9.76. The number of nitrogens with zero attached hydrogens (tertiary/aromatic N) is 3. The lowest BCUT2D eigenvalue weighted by molar-refractivity contribution is -0.122. The molecule has 0 radical (unpaired) electrons. The molecule has 0 saturated carbocycles. The number of anilines is 1. The summed E-state index contributed by atoms with van der Waals surface area (Å²) < 4.78 is 11.8. The van der Waals surface area contributed by atoms with Crippen LogP contribution in [-0.2, 0) is 16.6 Å². The number of likely N-dealkylation sites (N-methyl/N-ethyl adjacent to an activating group) is 1. The van der Waals surface area contributed by atoms with Crippen molar-refractivity contribution in [1.82, 2.24) is 9.80 Å². The summed E-state index contributed by atoms with van der Waals surface area (Å²) in [6, 6.07) is 12.4. The molecule has 2 aromatic rings. The van der Waals surface area contributed by atoms with Crippen LogP contribution in [0.1, 0.15) is 16.7 Å². The summed E-state index contributed by atoms with van der Waals surface area (Å²) in [5, 5.41) is 0. The van der Waals surface area contributed by atoms with Gasteiger partial charge in [0.1, 0.15) is 23.5 Å². The third kappa shape index (κ3) is 2.39. The summed E-state index contributed by atoms with van der Waals surface area (Å²) in [7, 11) is 2.15. The van der Waals surface area contributed by atoms with Crippen molar-refractivity contribution in [3.05, 3.63) is 53.1 Å². The SMILES string of the molecule is CN1CCN(CN2C(=O)C3(COc4cc5c(cc43)CCO5)c3ccccc32)CC1. The smallest absolute Gasteiger partial charge is 0.246 e. The standard InChI is InChI=1S/C23H25N3O3/c1-24-7-9-25(10-8-24)15-26-19-5-3-2-4-17(19)23(22(26)27)14-29-21-13-20-16(6-11-28-20)12-18(21)23/h2-5,12-13H,6-11,14-15H2,1H3. The van der Waals surface area contributed by atoms with Crippen LogP contribution in [0.2, 0.25) is 0 Å². The predicted octanol–water partition coefficient (Wildman–Crippen LogP) is 1.85. The Morgan fingerprint density at radius 2 is 1.83 bits per heavy atom. The first-order valence-corrected chi connectivity index (χ1v) is 10.4. The molecule has 1 saturated heterocycles. The molecule has 6 nitrogen and oxygen atoms in total. The number of amides is 1. The second-order valence-corrected chi connectivity index (χ2v) is 8.56. The molecule has 2 aromatic carbocycles. The van der Waals surface area contributed by atoms with E-state index in [4.69, 9.17) is 9.47 Å². The molecule has 0 N–H and O–H groups in total. The molecule has 1 fully saturated rings. The normalized spacial score (nSPS) is 25.7. The molecule has 1 unspecified atom stereocenters. The van der Waals surface area contributed by atoms with Crippen molar-refractivity contribution in [1.29, 1.82) is 0 Å². The summed E-state index contributed by atoms with van der Waals surface area (Å²) in [6.45, 7) is 5.72. The van der Waals surface area contributed by atoms with Crippen molar-refractivity contribution in [2.24, 2.45) is 0 Å². The van der Waals surface area contributed by atoms with Gasteiger partial charge in [0.15, 0.2) is 0 Å². The van der Waals surface area contributed by atoms with Crippen molar-refractivity contribution < 1.29 is 14.3 Å². The van der Waals surface area contributed by atoms with Gasteiger partial charge in [-0.3, -0.25) is 14.6 Å². The minimum absolute atomic E-state index is 0.134. The molecular formula is C23H25N3O3. The van der Waals surface area contributed by atoms with Crippen LogP contribution in [0.4, 0.5) is 5.69 Å². The van der Waals surface area contributed by atoms with Crippen LogP contribution in [0.15, 0.2) is 36.4 Å². The minimum Gasteiger partial charge on any atom is -0.493 e. The van der Waals surface area contributed by atoms with E-state index in [0.717, 1.165) is 60.9 Å². The summed E-state index contributed by atoms with van der Waals surface area (Å²) in [5.74, 6) is 1.82. The Morgan fingerprint density at radius 3 is 2.69 bits per heavy atom. The number of fused-ring (bicyclic) bond motifs is 5. The maximum Gasteiger partial charge on any atom is 0.246 e. The summed E-state index contributed by atoms with van der Waals surface area (Å²) in [5.41, 5.74) is 3.52. The fourth-order valence-electron chi connectivity index (χ4n) is 5.18. The van der Waals surface area contributed by atoms with Crippen LogP contribution in [0.25, 0.3) is 0 Å². The molecule has 1 amide bonds. The molecule has 6 heteroatoms. The number of piperazine rings is 1. The number of carbonyl (C=O) groups is 1. The lowest BCUT2D eigenvalue weighted by Crippen LogP contribution is -2.51. The van der Waals surface area contributed by atoms with Gasteiger partial charge >= 0.3 is 0 Å². The summed E-state index contributed by atoms with van der Waals surface area (Å²) in [6.07, 6.45) is 0.888. The Kier molecular flexibility index (Phi) is 3.71. The third-order valence-electron chi connectivity index (χ3n) is 6.90. The van der Waals surface area contributed by atoms with Gasteiger partial charge in [-0.2, -0.15) is 0 Å². The molecule has 1 spiro atoms. The highest BCUT2D eigenvalue weighted by Crippen LogP contribution is 2.53. The Bertz CT molecular complexity index is 999. The largest absolute Gasteiger partial charge is 0.493 e. The number of hydrogen-bond donors (Lipinski definition) is 0. The number of carbonyl (C=O) groups excluding carboxylic acids is 1. The van der Waals surface area contributed by atoms with Gasteiger partial charge in [0.2, 0.25) is 5.91 Å². The fourth-order valence-corrected chi connectivity index (χ4v) is 5.18. The van der Waals surface area contributed by atoms with E-state index in [1.807, 2.05) is 23.1 Å². The number of ether oxygens (including phenoxy) is 2. The quantitative estimate of drug-likeness (QED) is 0.782. The highest BCUT2D eigenvalue weighted by molar-refractivity contribution is 6.11. The molecule has 4 aliphatic heterocycles. The van der Waals surface area contributed by atoms with Gasteiger partial charge in [-0.25, -0.2) is 0 Å². The van der Waals surface area contributed by atoms with Gasteiger partial charge in [-0.05, 0) is 30.3 Å². The first kappa shape index (κ1) is 17.3. The van der Waals surface area contributed by atoms with Crippen LogP contribution < -0.4 is 14.4 Å². The molecule has 0 aromatic heterocycles. The second kappa shape index (κ2) is 6.21. The average Bonchev–Trinajstić information content (AvgIpc) is 3.41. The zero-order valence-electron chi connectivity index (χ0n) is 16.7. The topological polar surface area (TPSA) is 45.2 Å². The van der Waals surface area contributed by atoms with E-state index in [1.54, 1.807) is 0 Å². The maximum absolute atomic E-state index is 14.0. The monoisotopic (exact) mass is 391 g/mol. The van der Waals surface area contributed by atoms with Crippen molar-refractivity contribution in [2.45, 2.75) is 11.8 Å². The Labute approximate surface area is 170 Å². The molecule has 150 valence electrons. The van der Waals surface area contributed by atoms with Crippen LogP contribution in [0, 0.1) is 0 Å². The molecule has 4 heterocycles. The molecule has 0 bridgehead atoms.